The summed E-state index contributed by atoms with van der Waals surface area (Å²) in [7, 11) is 0. The van der Waals surface area contributed by atoms with E-state index < -0.39 is 34.5 Å². The highest BCUT2D eigenvalue weighted by molar-refractivity contribution is 9.10. The third kappa shape index (κ3) is 2.35. The molecule has 1 aromatic heterocycles. The van der Waals surface area contributed by atoms with E-state index in [2.05, 4.69) is 37.9 Å². The summed E-state index contributed by atoms with van der Waals surface area (Å²) in [6.45, 7) is 1.69. The van der Waals surface area contributed by atoms with Gasteiger partial charge >= 0.3 is 0 Å². The van der Waals surface area contributed by atoms with E-state index >= 15 is 0 Å². The van der Waals surface area contributed by atoms with Gasteiger partial charge in [-0.05, 0) is 34.1 Å². The SMILES string of the molecule is CC1C2(c3ccc(Br)cc3)OC(=N)C1(C#N)C(C#N)(C#N)C(c1cc(Br)cs1)O2. The fourth-order valence-electron chi connectivity index (χ4n) is 4.27. The van der Waals surface area contributed by atoms with E-state index in [1.165, 1.54) is 11.3 Å². The Bertz CT molecular complexity index is 1130. The van der Waals surface area contributed by atoms with Crippen LogP contribution in [0.3, 0.4) is 0 Å². The molecule has 144 valence electrons. The summed E-state index contributed by atoms with van der Waals surface area (Å²) >= 11 is 8.10. The molecule has 1 N–H and O–H groups in total. The Balaban J connectivity index is 2.03. The number of ether oxygens (including phenoxy) is 2. The van der Waals surface area contributed by atoms with Crippen molar-refractivity contribution >= 4 is 49.1 Å². The van der Waals surface area contributed by atoms with E-state index in [0.29, 0.717) is 10.4 Å². The van der Waals surface area contributed by atoms with E-state index in [1.54, 1.807) is 25.1 Å². The van der Waals surface area contributed by atoms with Crippen LogP contribution in [-0.2, 0) is 15.3 Å². The summed E-state index contributed by atoms with van der Waals surface area (Å²) < 4.78 is 14.0. The molecule has 0 aliphatic carbocycles. The van der Waals surface area contributed by atoms with Crippen molar-refractivity contribution < 1.29 is 9.47 Å². The summed E-state index contributed by atoms with van der Waals surface area (Å²) in [5.74, 6) is -2.66. The molecule has 2 aliphatic rings. The first kappa shape index (κ1) is 20.1. The first-order valence-corrected chi connectivity index (χ1v) is 11.0. The predicted octanol–water partition coefficient (Wildman–Crippen LogP) is 5.38. The average Bonchev–Trinajstić information content (AvgIpc) is 3.21. The fraction of sp³-hybridized carbons (Fsp3) is 0.300. The Morgan fingerprint density at radius 2 is 1.72 bits per heavy atom. The predicted molar refractivity (Wildman–Crippen MR) is 111 cm³/mol. The van der Waals surface area contributed by atoms with Crippen molar-refractivity contribution in [2.75, 3.05) is 0 Å². The van der Waals surface area contributed by atoms with Crippen LogP contribution in [0.2, 0.25) is 0 Å². The van der Waals surface area contributed by atoms with Crippen molar-refractivity contribution in [3.63, 3.8) is 0 Å². The lowest BCUT2D eigenvalue weighted by Crippen LogP contribution is -2.57. The van der Waals surface area contributed by atoms with Crippen molar-refractivity contribution in [1.82, 2.24) is 0 Å². The van der Waals surface area contributed by atoms with Crippen LogP contribution in [0.1, 0.15) is 23.5 Å². The number of nitrogens with zero attached hydrogens (tertiary/aromatic N) is 3. The van der Waals surface area contributed by atoms with Crippen molar-refractivity contribution in [3.8, 4) is 18.2 Å². The Morgan fingerprint density at radius 1 is 1.07 bits per heavy atom. The van der Waals surface area contributed by atoms with Gasteiger partial charge in [-0.15, -0.1) is 11.3 Å². The second-order valence-corrected chi connectivity index (χ2v) is 9.72. The third-order valence-electron chi connectivity index (χ3n) is 5.76. The molecule has 1 aromatic carbocycles. The van der Waals surface area contributed by atoms with Gasteiger partial charge in [-0.25, -0.2) is 0 Å². The molecule has 2 aromatic rings. The van der Waals surface area contributed by atoms with Crippen molar-refractivity contribution in [2.45, 2.75) is 18.8 Å². The highest BCUT2D eigenvalue weighted by Crippen LogP contribution is 2.69. The zero-order valence-electron chi connectivity index (χ0n) is 14.9. The quantitative estimate of drug-likeness (QED) is 0.558. The van der Waals surface area contributed by atoms with Gasteiger partial charge < -0.3 is 9.47 Å². The van der Waals surface area contributed by atoms with Gasteiger partial charge in [0.2, 0.25) is 17.1 Å². The maximum absolute atomic E-state index is 10.2. The minimum absolute atomic E-state index is 0.420. The Hall–Kier alpha value is -2.22. The van der Waals surface area contributed by atoms with Crippen molar-refractivity contribution in [1.29, 1.82) is 21.2 Å². The fourth-order valence-corrected chi connectivity index (χ4v) is 6.07. The molecule has 4 atom stereocenters. The molecule has 6 nitrogen and oxygen atoms in total. The zero-order chi connectivity index (χ0) is 21.0. The van der Waals surface area contributed by atoms with Crippen LogP contribution in [0.4, 0.5) is 0 Å². The number of halogens is 2. The maximum atomic E-state index is 10.2. The average molecular weight is 532 g/mol. The largest absolute Gasteiger partial charge is 0.443 e. The lowest BCUT2D eigenvalue weighted by Gasteiger charge is -2.48. The van der Waals surface area contributed by atoms with Gasteiger partial charge in [-0.3, -0.25) is 5.41 Å². The van der Waals surface area contributed by atoms with Crippen LogP contribution in [0.15, 0.2) is 44.7 Å². The Morgan fingerprint density at radius 3 is 2.24 bits per heavy atom. The van der Waals surface area contributed by atoms with Gasteiger partial charge in [0.15, 0.2) is 5.41 Å². The Kier molecular flexibility index (Phi) is 4.60. The van der Waals surface area contributed by atoms with Crippen LogP contribution >= 0.6 is 43.2 Å². The molecule has 4 unspecified atom stereocenters. The number of fused-ring (bicyclic) bond motifs is 2. The van der Waals surface area contributed by atoms with Crippen LogP contribution in [0, 0.1) is 56.2 Å². The standard InChI is InChI=1S/C20H12Br2N4O2S/c1-11-19(10-25)17(26)28-20(11,12-2-4-13(21)5-3-12)27-16(18(19,8-23)9-24)15-6-14(22)7-29-15/h2-7,11,16,26H,1H3. The topological polar surface area (TPSA) is 114 Å². The summed E-state index contributed by atoms with van der Waals surface area (Å²) in [5, 5.41) is 40.9. The molecule has 0 spiro atoms. The number of nitrogens with one attached hydrogen (secondary N) is 1. The van der Waals surface area contributed by atoms with Crippen LogP contribution in [-0.4, -0.2) is 5.90 Å². The minimum atomic E-state index is -1.95. The van der Waals surface area contributed by atoms with Crippen molar-refractivity contribution in [2.24, 2.45) is 16.7 Å². The van der Waals surface area contributed by atoms with Gasteiger partial charge in [0, 0.05) is 24.8 Å². The monoisotopic (exact) mass is 530 g/mol. The highest BCUT2D eigenvalue weighted by atomic mass is 79.9. The maximum Gasteiger partial charge on any atom is 0.244 e. The minimum Gasteiger partial charge on any atom is -0.443 e. The Labute approximate surface area is 188 Å². The van der Waals surface area contributed by atoms with E-state index in [4.69, 9.17) is 14.9 Å². The van der Waals surface area contributed by atoms with Gasteiger partial charge in [0.25, 0.3) is 0 Å². The van der Waals surface area contributed by atoms with E-state index in [0.717, 1.165) is 8.95 Å². The summed E-state index contributed by atoms with van der Waals surface area (Å²) in [6, 6.07) is 15.2. The number of nitriles is 3. The number of hydrogen-bond acceptors (Lipinski definition) is 7. The van der Waals surface area contributed by atoms with E-state index in [9.17, 15) is 15.8 Å². The molecule has 29 heavy (non-hydrogen) atoms. The van der Waals surface area contributed by atoms with Crippen molar-refractivity contribution in [3.05, 3.63) is 55.1 Å². The van der Waals surface area contributed by atoms with Gasteiger partial charge in [0.05, 0.1) is 24.1 Å². The molecule has 3 heterocycles. The second kappa shape index (κ2) is 6.65. The summed E-state index contributed by atoms with van der Waals surface area (Å²) in [5.41, 5.74) is -3.12. The van der Waals surface area contributed by atoms with Crippen LogP contribution in [0.25, 0.3) is 0 Å². The highest BCUT2D eigenvalue weighted by Gasteiger charge is 2.79. The lowest BCUT2D eigenvalue weighted by molar-refractivity contribution is -0.287. The van der Waals surface area contributed by atoms with Gasteiger partial charge in [-0.1, -0.05) is 35.0 Å². The number of thiophene rings is 1. The molecule has 2 saturated heterocycles. The normalized spacial score (nSPS) is 31.9. The van der Waals surface area contributed by atoms with Gasteiger partial charge in [-0.2, -0.15) is 15.8 Å². The lowest BCUT2D eigenvalue weighted by atomic mass is 9.54. The molecule has 2 aliphatic heterocycles. The molecule has 0 amide bonds. The van der Waals surface area contributed by atoms with Crippen LogP contribution in [0.5, 0.6) is 0 Å². The first-order valence-electron chi connectivity index (χ1n) is 8.51. The molecule has 2 bridgehead atoms. The number of hydrogen-bond donors (Lipinski definition) is 1. The van der Waals surface area contributed by atoms with Gasteiger partial charge in [0.1, 0.15) is 6.10 Å². The molecule has 9 heteroatoms. The molecule has 0 saturated carbocycles. The summed E-state index contributed by atoms with van der Waals surface area (Å²) in [6.07, 6.45) is -1.07. The smallest absolute Gasteiger partial charge is 0.244 e. The number of rotatable bonds is 2. The van der Waals surface area contributed by atoms with E-state index in [-0.39, 0.29) is 0 Å². The van der Waals surface area contributed by atoms with E-state index in [1.807, 2.05) is 29.7 Å². The molecule has 0 radical (unpaired) electrons. The van der Waals surface area contributed by atoms with Crippen LogP contribution < -0.4 is 0 Å². The number of benzene rings is 1. The molecular formula is C20H12Br2N4O2S. The second-order valence-electron chi connectivity index (χ2n) is 6.94. The molecule has 2 fully saturated rings. The summed E-state index contributed by atoms with van der Waals surface area (Å²) in [4.78, 5) is 0.603. The molecule has 4 rings (SSSR count). The third-order valence-corrected chi connectivity index (χ3v) is 8.03. The zero-order valence-corrected chi connectivity index (χ0v) is 18.9. The molecular weight excluding hydrogens is 520 g/mol. The first-order chi connectivity index (χ1) is 13.8.